The van der Waals surface area contributed by atoms with Gasteiger partial charge in [-0.05, 0) is 42.8 Å². The maximum absolute atomic E-state index is 12.6. The molecule has 6 heteroatoms. The summed E-state index contributed by atoms with van der Waals surface area (Å²) in [6, 6.07) is 12.8. The number of aryl methyl sites for hydroxylation is 1. The summed E-state index contributed by atoms with van der Waals surface area (Å²) in [5.41, 5.74) is 1.30. The van der Waals surface area contributed by atoms with E-state index >= 15 is 0 Å². The minimum atomic E-state index is -0.188. The predicted octanol–water partition coefficient (Wildman–Crippen LogP) is 2.36. The van der Waals surface area contributed by atoms with Crippen LogP contribution >= 0.6 is 0 Å². The first kappa shape index (κ1) is 14.4. The van der Waals surface area contributed by atoms with Gasteiger partial charge < -0.3 is 9.47 Å². The molecule has 0 aliphatic carbocycles. The lowest BCUT2D eigenvalue weighted by Crippen LogP contribution is -2.20. The molecule has 0 radical (unpaired) electrons. The Labute approximate surface area is 138 Å². The minimum absolute atomic E-state index is 0.188. The summed E-state index contributed by atoms with van der Waals surface area (Å²) >= 11 is 0. The van der Waals surface area contributed by atoms with Crippen molar-refractivity contribution >= 4 is 17.1 Å². The molecule has 0 unspecified atom stereocenters. The molecule has 0 spiro atoms. The van der Waals surface area contributed by atoms with Gasteiger partial charge in [0.05, 0.1) is 17.1 Å². The molecule has 1 aliphatic heterocycles. The number of rotatable bonds is 2. The Hall–Kier alpha value is -3.15. The Morgan fingerprint density at radius 3 is 2.79 bits per heavy atom. The van der Waals surface area contributed by atoms with Gasteiger partial charge in [-0.2, -0.15) is 9.78 Å². The van der Waals surface area contributed by atoms with Crippen molar-refractivity contribution in [3.63, 3.8) is 0 Å². The van der Waals surface area contributed by atoms with E-state index in [9.17, 15) is 4.79 Å². The lowest BCUT2D eigenvalue weighted by molar-refractivity contribution is 0.171. The second-order valence-corrected chi connectivity index (χ2v) is 5.44. The van der Waals surface area contributed by atoms with Crippen molar-refractivity contribution in [3.05, 3.63) is 64.2 Å². The molecule has 0 bridgehead atoms. The summed E-state index contributed by atoms with van der Waals surface area (Å²) in [5.74, 6) is 1.94. The zero-order valence-corrected chi connectivity index (χ0v) is 13.1. The first-order valence-corrected chi connectivity index (χ1v) is 7.65. The molecule has 1 aliphatic rings. The summed E-state index contributed by atoms with van der Waals surface area (Å²) < 4.78 is 12.4. The average Bonchev–Trinajstić information content (AvgIpc) is 2.61. The molecular weight excluding hydrogens is 306 g/mol. The molecule has 2 heterocycles. The highest BCUT2D eigenvalue weighted by Gasteiger charge is 2.11. The second kappa shape index (κ2) is 5.81. The molecule has 0 N–H and O–H groups in total. The van der Waals surface area contributed by atoms with E-state index in [1.165, 1.54) is 4.68 Å². The van der Waals surface area contributed by atoms with Gasteiger partial charge >= 0.3 is 0 Å². The first-order valence-electron chi connectivity index (χ1n) is 7.65. The third kappa shape index (κ3) is 2.52. The first-order chi connectivity index (χ1) is 11.7. The Bertz CT molecular complexity index is 1010. The van der Waals surface area contributed by atoms with Gasteiger partial charge in [0.2, 0.25) is 0 Å². The molecule has 2 aromatic carbocycles. The molecule has 0 fully saturated rings. The van der Waals surface area contributed by atoms with Crippen LogP contribution in [0.4, 0.5) is 0 Å². The zero-order valence-electron chi connectivity index (χ0n) is 13.1. The fourth-order valence-corrected chi connectivity index (χ4v) is 2.64. The van der Waals surface area contributed by atoms with Crippen LogP contribution in [-0.2, 0) is 0 Å². The number of para-hydroxylation sites is 1. The van der Waals surface area contributed by atoms with Gasteiger partial charge in [-0.3, -0.25) is 4.79 Å². The van der Waals surface area contributed by atoms with E-state index in [0.717, 1.165) is 11.3 Å². The van der Waals surface area contributed by atoms with Crippen LogP contribution in [-0.4, -0.2) is 29.1 Å². The van der Waals surface area contributed by atoms with Crippen molar-refractivity contribution < 1.29 is 9.47 Å². The largest absolute Gasteiger partial charge is 0.486 e. The van der Waals surface area contributed by atoms with E-state index in [2.05, 4.69) is 10.1 Å². The van der Waals surface area contributed by atoms with Crippen LogP contribution in [0, 0.1) is 6.92 Å². The second-order valence-electron chi connectivity index (χ2n) is 5.44. The lowest BCUT2D eigenvalue weighted by Gasteiger charge is -2.18. The fraction of sp³-hybridized carbons (Fsp3) is 0.167. The number of nitrogens with zero attached hydrogens (tertiary/aromatic N) is 3. The maximum Gasteiger partial charge on any atom is 0.282 e. The van der Waals surface area contributed by atoms with E-state index in [4.69, 9.17) is 9.47 Å². The van der Waals surface area contributed by atoms with Crippen LogP contribution in [0.3, 0.4) is 0 Å². The molecule has 0 saturated heterocycles. The topological polar surface area (TPSA) is 65.7 Å². The van der Waals surface area contributed by atoms with Crippen LogP contribution in [0.1, 0.15) is 11.4 Å². The van der Waals surface area contributed by atoms with E-state index in [0.29, 0.717) is 35.7 Å². The van der Waals surface area contributed by atoms with Gasteiger partial charge in [-0.25, -0.2) is 4.98 Å². The highest BCUT2D eigenvalue weighted by molar-refractivity contribution is 5.81. The Balaban J connectivity index is 1.74. The highest BCUT2D eigenvalue weighted by atomic mass is 16.6. The molecule has 120 valence electrons. The molecule has 3 aromatic rings. The van der Waals surface area contributed by atoms with Crippen molar-refractivity contribution in [1.29, 1.82) is 0 Å². The van der Waals surface area contributed by atoms with Gasteiger partial charge in [-0.15, -0.1) is 0 Å². The monoisotopic (exact) mass is 321 g/mol. The summed E-state index contributed by atoms with van der Waals surface area (Å²) in [5, 5.41) is 4.84. The zero-order chi connectivity index (χ0) is 16.5. The number of hydrogen-bond donors (Lipinski definition) is 0. The predicted molar refractivity (Wildman–Crippen MR) is 91.2 cm³/mol. The number of aromatic nitrogens is 2. The van der Waals surface area contributed by atoms with Crippen LogP contribution in [0.15, 0.2) is 52.4 Å². The van der Waals surface area contributed by atoms with Crippen LogP contribution in [0.25, 0.3) is 10.9 Å². The van der Waals surface area contributed by atoms with Gasteiger partial charge in [0.1, 0.15) is 19.0 Å². The third-order valence-corrected chi connectivity index (χ3v) is 3.80. The van der Waals surface area contributed by atoms with Crippen molar-refractivity contribution in [2.45, 2.75) is 6.92 Å². The Morgan fingerprint density at radius 2 is 1.92 bits per heavy atom. The van der Waals surface area contributed by atoms with Crippen LogP contribution < -0.4 is 15.0 Å². The van der Waals surface area contributed by atoms with E-state index in [-0.39, 0.29) is 5.56 Å². The SMILES string of the molecule is Cc1nc2ccccc2c(=O)n1N=Cc1ccc2c(c1)OCCO2. The van der Waals surface area contributed by atoms with Crippen molar-refractivity contribution in [2.75, 3.05) is 13.2 Å². The summed E-state index contributed by atoms with van der Waals surface area (Å²) in [4.78, 5) is 17.0. The average molecular weight is 321 g/mol. The normalized spacial score (nSPS) is 13.5. The number of benzene rings is 2. The van der Waals surface area contributed by atoms with Crippen molar-refractivity contribution in [3.8, 4) is 11.5 Å². The maximum atomic E-state index is 12.6. The number of hydrogen-bond acceptors (Lipinski definition) is 5. The Morgan fingerprint density at radius 1 is 1.12 bits per heavy atom. The van der Waals surface area contributed by atoms with Crippen LogP contribution in [0.5, 0.6) is 11.5 Å². The molecule has 0 amide bonds. The molecule has 1 aromatic heterocycles. The van der Waals surface area contributed by atoms with E-state index < -0.39 is 0 Å². The molecule has 0 saturated carbocycles. The molecule has 0 atom stereocenters. The molecule has 24 heavy (non-hydrogen) atoms. The highest BCUT2D eigenvalue weighted by Crippen LogP contribution is 2.30. The third-order valence-electron chi connectivity index (χ3n) is 3.80. The van der Waals surface area contributed by atoms with Gasteiger partial charge in [0.25, 0.3) is 5.56 Å². The van der Waals surface area contributed by atoms with Gasteiger partial charge in [0.15, 0.2) is 11.5 Å². The van der Waals surface area contributed by atoms with Crippen molar-refractivity contribution in [1.82, 2.24) is 9.66 Å². The number of fused-ring (bicyclic) bond motifs is 2. The fourth-order valence-electron chi connectivity index (χ4n) is 2.64. The summed E-state index contributed by atoms with van der Waals surface area (Å²) in [7, 11) is 0. The Kier molecular flexibility index (Phi) is 3.49. The van der Waals surface area contributed by atoms with Gasteiger partial charge in [0, 0.05) is 0 Å². The standard InChI is InChI=1S/C18H15N3O3/c1-12-20-15-5-3-2-4-14(15)18(22)21(12)19-11-13-6-7-16-17(10-13)24-9-8-23-16/h2-7,10-11H,8-9H2,1H3. The van der Waals surface area contributed by atoms with Crippen molar-refractivity contribution in [2.24, 2.45) is 5.10 Å². The number of ether oxygens (including phenoxy) is 2. The van der Waals surface area contributed by atoms with E-state index in [1.54, 1.807) is 19.2 Å². The molecular formula is C18H15N3O3. The summed E-state index contributed by atoms with van der Waals surface area (Å²) in [6.45, 7) is 2.84. The van der Waals surface area contributed by atoms with Crippen LogP contribution in [0.2, 0.25) is 0 Å². The smallest absolute Gasteiger partial charge is 0.282 e. The quantitative estimate of drug-likeness (QED) is 0.680. The molecule has 6 nitrogen and oxygen atoms in total. The minimum Gasteiger partial charge on any atom is -0.486 e. The van der Waals surface area contributed by atoms with E-state index in [1.807, 2.05) is 36.4 Å². The molecule has 4 rings (SSSR count). The summed E-state index contributed by atoms with van der Waals surface area (Å²) in [6.07, 6.45) is 1.61. The lowest BCUT2D eigenvalue weighted by atomic mass is 10.2. The van der Waals surface area contributed by atoms with Gasteiger partial charge in [-0.1, -0.05) is 12.1 Å².